The van der Waals surface area contributed by atoms with Gasteiger partial charge >= 0.3 is 0 Å². The van der Waals surface area contributed by atoms with E-state index in [-0.39, 0.29) is 11.9 Å². The molecule has 0 radical (unpaired) electrons. The highest BCUT2D eigenvalue weighted by atomic mass is 19.1. The summed E-state index contributed by atoms with van der Waals surface area (Å²) in [7, 11) is 3.86. The van der Waals surface area contributed by atoms with Crippen LogP contribution in [0.25, 0.3) is 0 Å². The molecule has 0 saturated carbocycles. The van der Waals surface area contributed by atoms with Crippen LogP contribution in [0.4, 0.5) is 15.9 Å². The van der Waals surface area contributed by atoms with Crippen molar-refractivity contribution in [3.05, 3.63) is 54.5 Å². The largest absolute Gasteiger partial charge is 0.370 e. The highest BCUT2D eigenvalue weighted by molar-refractivity contribution is 5.80. The molecule has 2 unspecified atom stereocenters. The van der Waals surface area contributed by atoms with Crippen LogP contribution in [0.15, 0.2) is 53.7 Å². The first-order valence-corrected chi connectivity index (χ1v) is 9.69. The Labute approximate surface area is 166 Å². The molecule has 1 aromatic heterocycles. The van der Waals surface area contributed by atoms with Crippen molar-refractivity contribution < 1.29 is 4.39 Å². The molecule has 2 N–H and O–H groups in total. The summed E-state index contributed by atoms with van der Waals surface area (Å²) in [6.07, 6.45) is 2.54. The van der Waals surface area contributed by atoms with E-state index < -0.39 is 0 Å². The molecule has 3 rings (SSSR count). The van der Waals surface area contributed by atoms with Gasteiger partial charge in [-0.1, -0.05) is 18.2 Å². The average molecular weight is 385 g/mol. The summed E-state index contributed by atoms with van der Waals surface area (Å²) >= 11 is 0. The number of para-hydroxylation sites is 1. The number of likely N-dealkylation sites (N-methyl/N-ethyl adjacent to an activating group) is 1. The van der Waals surface area contributed by atoms with Crippen molar-refractivity contribution in [2.75, 3.05) is 43.5 Å². The van der Waals surface area contributed by atoms with Gasteiger partial charge in [0.05, 0.1) is 0 Å². The van der Waals surface area contributed by atoms with Crippen LogP contribution in [-0.4, -0.2) is 56.8 Å². The van der Waals surface area contributed by atoms with Crippen molar-refractivity contribution in [3.63, 3.8) is 0 Å². The quantitative estimate of drug-likeness (QED) is 0.592. The van der Waals surface area contributed by atoms with Gasteiger partial charge in [0, 0.05) is 57.7 Å². The van der Waals surface area contributed by atoms with Gasteiger partial charge in [0.15, 0.2) is 17.6 Å². The maximum atomic E-state index is 14.0. The molecule has 2 atom stereocenters. The van der Waals surface area contributed by atoms with Gasteiger partial charge in [-0.05, 0) is 37.6 Å². The zero-order valence-electron chi connectivity index (χ0n) is 16.8. The van der Waals surface area contributed by atoms with Crippen molar-refractivity contribution in [1.29, 1.82) is 0 Å². The third-order valence-electron chi connectivity index (χ3n) is 5.18. The molecule has 1 saturated heterocycles. The second kappa shape index (κ2) is 9.39. The first-order valence-electron chi connectivity index (χ1n) is 9.69. The summed E-state index contributed by atoms with van der Waals surface area (Å²) in [5.74, 6) is 0.915. The third kappa shape index (κ3) is 4.91. The van der Waals surface area contributed by atoms with Crippen LogP contribution in [0, 0.1) is 5.82 Å². The topological polar surface area (TPSA) is 55.8 Å². The zero-order chi connectivity index (χ0) is 19.9. The molecule has 0 bridgehead atoms. The Morgan fingerprint density at radius 1 is 1.32 bits per heavy atom. The monoisotopic (exact) mass is 384 g/mol. The molecule has 28 heavy (non-hydrogen) atoms. The first-order chi connectivity index (χ1) is 13.6. The van der Waals surface area contributed by atoms with Gasteiger partial charge in [-0.15, -0.1) is 0 Å². The van der Waals surface area contributed by atoms with Crippen LogP contribution in [-0.2, 0) is 0 Å². The van der Waals surface area contributed by atoms with Crippen LogP contribution >= 0.6 is 0 Å². The average Bonchev–Trinajstić information content (AvgIpc) is 3.19. The minimum absolute atomic E-state index is 0.203. The van der Waals surface area contributed by atoms with E-state index in [4.69, 9.17) is 0 Å². The summed E-state index contributed by atoms with van der Waals surface area (Å²) in [5, 5.41) is 6.85. The zero-order valence-corrected chi connectivity index (χ0v) is 16.8. The summed E-state index contributed by atoms with van der Waals surface area (Å²) in [5.41, 5.74) is 1.18. The standard InChI is InChI=1S/C21H29FN6/c1-16(27(3)18-8-5-4-6-9-18)14-25-21(23-2)26-17-11-13-28(15-17)20-19(22)10-7-12-24-20/h4-10,12,16-17H,11,13-15H2,1-3H3,(H2,23,25,26). The maximum Gasteiger partial charge on any atom is 0.191 e. The molecule has 2 heterocycles. The number of aromatic nitrogens is 1. The molecular weight excluding hydrogens is 355 g/mol. The number of rotatable bonds is 6. The molecule has 1 aromatic carbocycles. The van der Waals surface area contributed by atoms with Gasteiger partial charge in [-0.2, -0.15) is 0 Å². The number of hydrogen-bond acceptors (Lipinski definition) is 4. The van der Waals surface area contributed by atoms with Gasteiger partial charge in [0.1, 0.15) is 0 Å². The van der Waals surface area contributed by atoms with Crippen LogP contribution in [0.2, 0.25) is 0 Å². The van der Waals surface area contributed by atoms with Gasteiger partial charge in [-0.25, -0.2) is 9.37 Å². The van der Waals surface area contributed by atoms with Crippen LogP contribution in [0.1, 0.15) is 13.3 Å². The second-order valence-electron chi connectivity index (χ2n) is 7.13. The number of hydrogen-bond donors (Lipinski definition) is 2. The van der Waals surface area contributed by atoms with E-state index in [0.29, 0.717) is 18.4 Å². The van der Waals surface area contributed by atoms with E-state index in [2.05, 4.69) is 51.6 Å². The minimum Gasteiger partial charge on any atom is -0.370 e. The number of anilines is 2. The highest BCUT2D eigenvalue weighted by Crippen LogP contribution is 2.20. The molecule has 150 valence electrons. The predicted octanol–water partition coefficient (Wildman–Crippen LogP) is 2.49. The Bertz CT molecular complexity index is 781. The number of pyridine rings is 1. The van der Waals surface area contributed by atoms with Crippen molar-refractivity contribution >= 4 is 17.5 Å². The van der Waals surface area contributed by atoms with E-state index in [9.17, 15) is 4.39 Å². The molecule has 0 spiro atoms. The van der Waals surface area contributed by atoms with Crippen LogP contribution in [0.3, 0.4) is 0 Å². The molecule has 2 aromatic rings. The fraction of sp³-hybridized carbons (Fsp3) is 0.429. The Hall–Kier alpha value is -2.83. The van der Waals surface area contributed by atoms with Crippen LogP contribution < -0.4 is 20.4 Å². The van der Waals surface area contributed by atoms with Crippen molar-refractivity contribution in [1.82, 2.24) is 15.6 Å². The summed E-state index contributed by atoms with van der Waals surface area (Å²) in [4.78, 5) is 12.7. The number of halogens is 1. The molecule has 1 aliphatic heterocycles. The third-order valence-corrected chi connectivity index (χ3v) is 5.18. The lowest BCUT2D eigenvalue weighted by molar-refractivity contribution is 0.608. The summed E-state index contributed by atoms with van der Waals surface area (Å²) < 4.78 is 14.0. The van der Waals surface area contributed by atoms with Gasteiger partial charge in [0.2, 0.25) is 0 Å². The van der Waals surface area contributed by atoms with E-state index in [0.717, 1.165) is 25.5 Å². The molecule has 6 nitrogen and oxygen atoms in total. The normalized spacial score (nSPS) is 18.1. The fourth-order valence-electron chi connectivity index (χ4n) is 3.37. The van der Waals surface area contributed by atoms with Crippen LogP contribution in [0.5, 0.6) is 0 Å². The van der Waals surface area contributed by atoms with Crippen molar-refractivity contribution in [2.24, 2.45) is 4.99 Å². The summed E-state index contributed by atoms with van der Waals surface area (Å²) in [6, 6.07) is 13.9. The lowest BCUT2D eigenvalue weighted by atomic mass is 10.2. The molecule has 1 fully saturated rings. The molecular formula is C21H29FN6. The van der Waals surface area contributed by atoms with Gasteiger partial charge in [0.25, 0.3) is 0 Å². The second-order valence-corrected chi connectivity index (χ2v) is 7.13. The first kappa shape index (κ1) is 19.9. The summed E-state index contributed by atoms with van der Waals surface area (Å²) in [6.45, 7) is 4.41. The smallest absolute Gasteiger partial charge is 0.191 e. The number of nitrogens with one attached hydrogen (secondary N) is 2. The highest BCUT2D eigenvalue weighted by Gasteiger charge is 2.26. The predicted molar refractivity (Wildman–Crippen MR) is 114 cm³/mol. The SMILES string of the molecule is CN=C(NCC(C)N(C)c1ccccc1)NC1CCN(c2ncccc2F)C1. The lowest BCUT2D eigenvalue weighted by Crippen LogP contribution is -2.48. The Kier molecular flexibility index (Phi) is 6.68. The lowest BCUT2D eigenvalue weighted by Gasteiger charge is -2.28. The van der Waals surface area contributed by atoms with E-state index in [1.165, 1.54) is 11.8 Å². The molecule has 7 heteroatoms. The maximum absolute atomic E-state index is 14.0. The van der Waals surface area contributed by atoms with Crippen molar-refractivity contribution in [2.45, 2.75) is 25.4 Å². The molecule has 0 aliphatic carbocycles. The van der Waals surface area contributed by atoms with E-state index in [1.54, 1.807) is 19.3 Å². The molecule has 0 amide bonds. The Morgan fingerprint density at radius 3 is 2.82 bits per heavy atom. The number of guanidine groups is 1. The Morgan fingerprint density at radius 2 is 2.11 bits per heavy atom. The fourth-order valence-corrected chi connectivity index (χ4v) is 3.37. The number of aliphatic imine (C=N–C) groups is 1. The van der Waals surface area contributed by atoms with E-state index in [1.807, 2.05) is 23.1 Å². The van der Waals surface area contributed by atoms with Crippen molar-refractivity contribution in [3.8, 4) is 0 Å². The number of benzene rings is 1. The number of nitrogens with zero attached hydrogens (tertiary/aromatic N) is 4. The Balaban J connectivity index is 1.49. The molecule has 1 aliphatic rings. The minimum atomic E-state index is -0.275. The van der Waals surface area contributed by atoms with Gasteiger partial charge in [-0.3, -0.25) is 4.99 Å². The van der Waals surface area contributed by atoms with Gasteiger partial charge < -0.3 is 20.4 Å². The van der Waals surface area contributed by atoms with E-state index >= 15 is 0 Å².